The van der Waals surface area contributed by atoms with E-state index in [9.17, 15) is 0 Å². The van der Waals surface area contributed by atoms with E-state index in [2.05, 4.69) is 95.0 Å². The molecule has 3 aromatic rings. The van der Waals surface area contributed by atoms with Crippen LogP contribution in [0.15, 0.2) is 84.0 Å². The molecule has 0 atom stereocenters. The number of para-hydroxylation sites is 1. The first-order valence-corrected chi connectivity index (χ1v) is 10.5. The molecule has 1 aromatic heterocycles. The fourth-order valence-electron chi connectivity index (χ4n) is 4.29. The molecule has 2 aromatic carbocycles. The number of benzene rings is 2. The molecule has 0 unspecified atom stereocenters. The molecule has 0 radical (unpaired) electrons. The third-order valence-electron chi connectivity index (χ3n) is 5.83. The Hall–Kier alpha value is -3.99. The third-order valence-corrected chi connectivity index (χ3v) is 5.83. The molecule has 150 valence electrons. The van der Waals surface area contributed by atoms with Gasteiger partial charge in [0.25, 0.3) is 0 Å². The van der Waals surface area contributed by atoms with Gasteiger partial charge in [0.05, 0.1) is 35.5 Å². The normalized spacial score (nSPS) is 16.5. The average molecular weight is 403 g/mol. The number of aliphatic imine (C=N–C) groups is 1. The van der Waals surface area contributed by atoms with E-state index in [1.54, 1.807) is 0 Å². The van der Waals surface area contributed by atoms with E-state index in [-0.39, 0.29) is 0 Å². The van der Waals surface area contributed by atoms with Gasteiger partial charge in [-0.25, -0.2) is 9.67 Å². The Morgan fingerprint density at radius 3 is 2.90 bits per heavy atom. The van der Waals surface area contributed by atoms with Crippen LogP contribution >= 0.6 is 0 Å². The van der Waals surface area contributed by atoms with Gasteiger partial charge in [0.1, 0.15) is 5.69 Å². The van der Waals surface area contributed by atoms with Crippen molar-refractivity contribution in [1.29, 1.82) is 0 Å². The van der Waals surface area contributed by atoms with Crippen LogP contribution in [0.2, 0.25) is 0 Å². The van der Waals surface area contributed by atoms with Crippen molar-refractivity contribution < 1.29 is 0 Å². The number of fused-ring (bicyclic) bond motifs is 6. The van der Waals surface area contributed by atoms with Crippen molar-refractivity contribution in [2.45, 2.75) is 13.3 Å². The SMILES string of the molecule is Cc1ccc2c(c1)N=C1CN2c2ccccc2C=C1n1cc(C2=CCC=CC=C2)nn1. The Morgan fingerprint density at radius 2 is 1.94 bits per heavy atom. The Kier molecular flexibility index (Phi) is 4.06. The maximum atomic E-state index is 5.04. The molecular formula is C26H21N5. The second-order valence-corrected chi connectivity index (χ2v) is 7.96. The Balaban J connectivity index is 1.51. The number of hydrogen-bond acceptors (Lipinski definition) is 4. The fraction of sp³-hybridized carbons (Fsp3) is 0.115. The number of aryl methyl sites for hydroxylation is 1. The van der Waals surface area contributed by atoms with Gasteiger partial charge in [-0.05, 0) is 48.8 Å². The first-order chi connectivity index (χ1) is 15.3. The summed E-state index contributed by atoms with van der Waals surface area (Å²) in [6.07, 6.45) is 15.5. The van der Waals surface area contributed by atoms with Gasteiger partial charge in [-0.2, -0.15) is 0 Å². The zero-order valence-electron chi connectivity index (χ0n) is 17.2. The standard InChI is InChI=1S/C26H21N5/c1-18-12-13-25-21(14-18)27-23-16-30(25)24-11-7-6-10-20(24)15-26(23)31-17-22(28-29-31)19-8-4-2-3-5-9-19/h2-4,6-15,17H,5,16H2,1H3. The number of nitrogens with zero attached hydrogens (tertiary/aromatic N) is 5. The molecule has 0 spiro atoms. The van der Waals surface area contributed by atoms with Crippen LogP contribution in [0, 0.1) is 6.92 Å². The average Bonchev–Trinajstić information content (AvgIpc) is 3.04. The smallest absolute Gasteiger partial charge is 0.113 e. The lowest BCUT2D eigenvalue weighted by Gasteiger charge is -2.30. The minimum absolute atomic E-state index is 0.695. The van der Waals surface area contributed by atoms with Crippen LogP contribution in [0.1, 0.15) is 23.2 Å². The Morgan fingerprint density at radius 1 is 1.00 bits per heavy atom. The summed E-state index contributed by atoms with van der Waals surface area (Å²) < 4.78 is 1.86. The Labute approximate surface area is 181 Å². The lowest BCUT2D eigenvalue weighted by molar-refractivity contribution is 0.828. The van der Waals surface area contributed by atoms with Gasteiger partial charge in [0.2, 0.25) is 0 Å². The van der Waals surface area contributed by atoms with Crippen LogP contribution in [0.5, 0.6) is 0 Å². The molecule has 0 saturated heterocycles. The highest BCUT2D eigenvalue weighted by Crippen LogP contribution is 2.42. The number of rotatable bonds is 2. The minimum atomic E-state index is 0.695. The third kappa shape index (κ3) is 3.06. The van der Waals surface area contributed by atoms with Crippen molar-refractivity contribution in [3.63, 3.8) is 0 Å². The van der Waals surface area contributed by atoms with Crippen LogP contribution in [0.25, 0.3) is 17.3 Å². The van der Waals surface area contributed by atoms with Crippen molar-refractivity contribution >= 4 is 40.1 Å². The predicted molar refractivity (Wildman–Crippen MR) is 127 cm³/mol. The summed E-state index contributed by atoms with van der Waals surface area (Å²) >= 11 is 0. The van der Waals surface area contributed by atoms with Gasteiger partial charge in [0.15, 0.2) is 0 Å². The minimum Gasteiger partial charge on any atom is -0.333 e. The molecule has 5 heteroatoms. The van der Waals surface area contributed by atoms with Crippen molar-refractivity contribution in [1.82, 2.24) is 15.0 Å². The molecule has 1 aliphatic carbocycles. The predicted octanol–water partition coefficient (Wildman–Crippen LogP) is 5.72. The van der Waals surface area contributed by atoms with E-state index >= 15 is 0 Å². The lowest BCUT2D eigenvalue weighted by atomic mass is 10.1. The van der Waals surface area contributed by atoms with E-state index in [0.717, 1.165) is 46.0 Å². The van der Waals surface area contributed by atoms with Crippen LogP contribution in [-0.4, -0.2) is 27.3 Å². The summed E-state index contributed by atoms with van der Waals surface area (Å²) in [5, 5.41) is 8.95. The number of allylic oxidation sites excluding steroid dienone is 6. The zero-order valence-corrected chi connectivity index (χ0v) is 17.2. The Bertz CT molecular complexity index is 1350. The van der Waals surface area contributed by atoms with Crippen LogP contribution in [-0.2, 0) is 0 Å². The highest BCUT2D eigenvalue weighted by molar-refractivity contribution is 6.28. The summed E-state index contributed by atoms with van der Waals surface area (Å²) in [6, 6.07) is 14.9. The van der Waals surface area contributed by atoms with E-state index in [1.165, 1.54) is 11.3 Å². The van der Waals surface area contributed by atoms with Crippen molar-refractivity contribution in [2.24, 2.45) is 4.99 Å². The summed E-state index contributed by atoms with van der Waals surface area (Å²) in [4.78, 5) is 7.39. The molecular weight excluding hydrogens is 382 g/mol. The van der Waals surface area contributed by atoms with Gasteiger partial charge < -0.3 is 4.90 Å². The highest BCUT2D eigenvalue weighted by Gasteiger charge is 2.28. The molecule has 31 heavy (non-hydrogen) atoms. The molecule has 0 fully saturated rings. The molecule has 2 bridgehead atoms. The maximum absolute atomic E-state index is 5.04. The number of anilines is 2. The largest absolute Gasteiger partial charge is 0.333 e. The van der Waals surface area contributed by atoms with Gasteiger partial charge in [-0.15, -0.1) is 5.10 Å². The lowest BCUT2D eigenvalue weighted by Crippen LogP contribution is -2.29. The highest BCUT2D eigenvalue weighted by atomic mass is 15.4. The zero-order chi connectivity index (χ0) is 20.8. The van der Waals surface area contributed by atoms with Crippen LogP contribution in [0.4, 0.5) is 17.1 Å². The van der Waals surface area contributed by atoms with E-state index in [4.69, 9.17) is 4.99 Å². The van der Waals surface area contributed by atoms with E-state index in [0.29, 0.717) is 6.54 Å². The first-order valence-electron chi connectivity index (χ1n) is 10.5. The molecule has 0 N–H and O–H groups in total. The summed E-state index contributed by atoms with van der Waals surface area (Å²) in [7, 11) is 0. The molecule has 6 rings (SSSR count). The molecule has 5 nitrogen and oxygen atoms in total. The molecule has 3 aliphatic rings. The molecule has 0 saturated carbocycles. The maximum Gasteiger partial charge on any atom is 0.113 e. The fourth-order valence-corrected chi connectivity index (χ4v) is 4.29. The van der Waals surface area contributed by atoms with Crippen molar-refractivity contribution in [3.8, 4) is 0 Å². The second kappa shape index (κ2) is 7.06. The van der Waals surface area contributed by atoms with Crippen LogP contribution < -0.4 is 4.90 Å². The van der Waals surface area contributed by atoms with Gasteiger partial charge in [0, 0.05) is 11.3 Å². The second-order valence-electron chi connectivity index (χ2n) is 7.96. The van der Waals surface area contributed by atoms with Gasteiger partial charge in [-0.3, -0.25) is 0 Å². The van der Waals surface area contributed by atoms with E-state index < -0.39 is 0 Å². The van der Waals surface area contributed by atoms with Gasteiger partial charge >= 0.3 is 0 Å². The number of aromatic nitrogens is 3. The van der Waals surface area contributed by atoms with Crippen LogP contribution in [0.3, 0.4) is 0 Å². The summed E-state index contributed by atoms with van der Waals surface area (Å²) in [5.74, 6) is 0. The molecule has 3 heterocycles. The topological polar surface area (TPSA) is 46.3 Å². The molecule has 0 amide bonds. The van der Waals surface area contributed by atoms with Crippen molar-refractivity contribution in [3.05, 3.63) is 95.9 Å². The molecule has 2 aliphatic heterocycles. The van der Waals surface area contributed by atoms with Gasteiger partial charge in [-0.1, -0.05) is 59.9 Å². The monoisotopic (exact) mass is 403 g/mol. The number of hydrogen-bond donors (Lipinski definition) is 0. The summed E-state index contributed by atoms with van der Waals surface area (Å²) in [5.41, 5.74) is 9.53. The quantitative estimate of drug-likeness (QED) is 0.550. The van der Waals surface area contributed by atoms with Crippen molar-refractivity contribution in [2.75, 3.05) is 11.4 Å². The summed E-state index contributed by atoms with van der Waals surface area (Å²) in [6.45, 7) is 2.80. The van der Waals surface area contributed by atoms with E-state index in [1.807, 2.05) is 17.0 Å². The first kappa shape index (κ1) is 17.8.